The van der Waals surface area contributed by atoms with Gasteiger partial charge in [0.15, 0.2) is 0 Å². The molecule has 1 fully saturated rings. The molecule has 2 aliphatic heterocycles. The third kappa shape index (κ3) is 1.00. The van der Waals surface area contributed by atoms with E-state index >= 15 is 0 Å². The highest BCUT2D eigenvalue weighted by atomic mass is 16.6. The van der Waals surface area contributed by atoms with E-state index in [1.165, 1.54) is 0 Å². The average Bonchev–Trinajstić information content (AvgIpc) is 2.96. The van der Waals surface area contributed by atoms with Crippen LogP contribution in [0, 0.1) is 0 Å². The van der Waals surface area contributed by atoms with Crippen molar-refractivity contribution in [1.82, 2.24) is 0 Å². The molecule has 3 rings (SSSR count). The van der Waals surface area contributed by atoms with Gasteiger partial charge in [-0.05, 0) is 18.2 Å². The van der Waals surface area contributed by atoms with Crippen molar-refractivity contribution in [1.29, 1.82) is 0 Å². The van der Waals surface area contributed by atoms with E-state index in [4.69, 9.17) is 14.2 Å². The molecule has 1 saturated heterocycles. The van der Waals surface area contributed by atoms with Crippen LogP contribution in [-0.2, 0) is 4.74 Å². The molecule has 2 heterocycles. The second kappa shape index (κ2) is 2.39. The van der Waals surface area contributed by atoms with Crippen LogP contribution in [0.25, 0.3) is 0 Å². The number of ether oxygens (including phenoxy) is 3. The Bertz CT molecular complexity index is 348. The quantitative estimate of drug-likeness (QED) is 0.611. The minimum Gasteiger partial charge on any atom is -0.497 e. The first kappa shape index (κ1) is 7.21. The summed E-state index contributed by atoms with van der Waals surface area (Å²) in [6.45, 7) is 0.685. The first-order chi connectivity index (χ1) is 6.38. The van der Waals surface area contributed by atoms with Gasteiger partial charge in [-0.3, -0.25) is 0 Å². The fourth-order valence-electron chi connectivity index (χ4n) is 1.72. The first-order valence-electron chi connectivity index (χ1n) is 4.34. The summed E-state index contributed by atoms with van der Waals surface area (Å²) in [5.74, 6) is 1.79. The monoisotopic (exact) mass is 178 g/mol. The largest absolute Gasteiger partial charge is 0.497 e. The number of hydrogen-bond acceptors (Lipinski definition) is 3. The second-order valence-electron chi connectivity index (χ2n) is 3.31. The van der Waals surface area contributed by atoms with Crippen LogP contribution in [0.5, 0.6) is 11.5 Å². The molecule has 0 saturated carbocycles. The average molecular weight is 178 g/mol. The van der Waals surface area contributed by atoms with Gasteiger partial charge in [0.05, 0.1) is 7.11 Å². The van der Waals surface area contributed by atoms with Crippen molar-refractivity contribution >= 4 is 0 Å². The van der Waals surface area contributed by atoms with Crippen molar-refractivity contribution in [3.05, 3.63) is 23.8 Å². The Morgan fingerprint density at radius 1 is 1.46 bits per heavy atom. The predicted octanol–water partition coefficient (Wildman–Crippen LogP) is 1.53. The number of fused-ring (bicyclic) bond motifs is 3. The molecule has 3 heteroatoms. The first-order valence-corrected chi connectivity index (χ1v) is 4.34. The highest BCUT2D eigenvalue weighted by Gasteiger charge is 2.45. The van der Waals surface area contributed by atoms with Gasteiger partial charge in [0.2, 0.25) is 0 Å². The van der Waals surface area contributed by atoms with Crippen molar-refractivity contribution in [3.8, 4) is 11.5 Å². The van der Waals surface area contributed by atoms with Crippen LogP contribution in [0.1, 0.15) is 11.7 Å². The summed E-state index contributed by atoms with van der Waals surface area (Å²) in [6, 6.07) is 5.83. The standard InChI is InChI=1S/C10H10O3/c1-11-6-2-3-8-7(4-6)10-9(13-10)5-12-8/h2-4,9-10H,5H2,1H3. The van der Waals surface area contributed by atoms with Gasteiger partial charge in [-0.2, -0.15) is 0 Å². The minimum absolute atomic E-state index is 0.249. The van der Waals surface area contributed by atoms with Crippen molar-refractivity contribution in [2.75, 3.05) is 13.7 Å². The van der Waals surface area contributed by atoms with E-state index in [1.54, 1.807) is 7.11 Å². The maximum Gasteiger partial charge on any atom is 0.125 e. The van der Waals surface area contributed by atoms with Crippen LogP contribution in [0.2, 0.25) is 0 Å². The summed E-state index contributed by atoms with van der Waals surface area (Å²) in [5, 5.41) is 0. The third-order valence-electron chi connectivity index (χ3n) is 2.51. The molecule has 3 nitrogen and oxygen atoms in total. The highest BCUT2D eigenvalue weighted by Crippen LogP contribution is 2.47. The Labute approximate surface area is 76.2 Å². The SMILES string of the molecule is COc1ccc2c(c1)C1OC1CO2. The lowest BCUT2D eigenvalue weighted by molar-refractivity contribution is 0.267. The Balaban J connectivity index is 2.06. The van der Waals surface area contributed by atoms with Crippen LogP contribution in [0.3, 0.4) is 0 Å². The van der Waals surface area contributed by atoms with E-state index in [9.17, 15) is 0 Å². The van der Waals surface area contributed by atoms with Gasteiger partial charge in [0.1, 0.15) is 30.3 Å². The number of benzene rings is 1. The molecule has 2 aliphatic rings. The lowest BCUT2D eigenvalue weighted by Crippen LogP contribution is -2.11. The van der Waals surface area contributed by atoms with Crippen molar-refractivity contribution in [2.24, 2.45) is 0 Å². The normalized spacial score (nSPS) is 28.4. The Morgan fingerprint density at radius 2 is 2.38 bits per heavy atom. The third-order valence-corrected chi connectivity index (χ3v) is 2.51. The lowest BCUT2D eigenvalue weighted by atomic mass is 10.1. The van der Waals surface area contributed by atoms with E-state index in [0.717, 1.165) is 17.1 Å². The van der Waals surface area contributed by atoms with Gasteiger partial charge in [-0.1, -0.05) is 0 Å². The summed E-state index contributed by atoms with van der Waals surface area (Å²) in [4.78, 5) is 0. The molecule has 13 heavy (non-hydrogen) atoms. The Kier molecular flexibility index (Phi) is 1.32. The smallest absolute Gasteiger partial charge is 0.125 e. The van der Waals surface area contributed by atoms with Crippen LogP contribution in [0.4, 0.5) is 0 Å². The molecule has 0 radical (unpaired) electrons. The molecule has 0 aliphatic carbocycles. The van der Waals surface area contributed by atoms with E-state index in [0.29, 0.717) is 6.61 Å². The van der Waals surface area contributed by atoms with Crippen molar-refractivity contribution in [2.45, 2.75) is 12.2 Å². The predicted molar refractivity (Wildman–Crippen MR) is 46.1 cm³/mol. The van der Waals surface area contributed by atoms with Gasteiger partial charge in [0.25, 0.3) is 0 Å². The lowest BCUT2D eigenvalue weighted by Gasteiger charge is -2.14. The summed E-state index contributed by atoms with van der Waals surface area (Å²) < 4.78 is 16.1. The topological polar surface area (TPSA) is 31.0 Å². The molecule has 0 amide bonds. The summed E-state index contributed by atoms with van der Waals surface area (Å²) >= 11 is 0. The van der Waals surface area contributed by atoms with Crippen LogP contribution < -0.4 is 9.47 Å². The Hall–Kier alpha value is -1.22. The summed E-state index contributed by atoms with van der Waals surface area (Å²) in [6.07, 6.45) is 0.526. The van der Waals surface area contributed by atoms with Gasteiger partial charge >= 0.3 is 0 Å². The molecule has 0 spiro atoms. The van der Waals surface area contributed by atoms with Gasteiger partial charge in [-0.25, -0.2) is 0 Å². The fourth-order valence-corrected chi connectivity index (χ4v) is 1.72. The van der Waals surface area contributed by atoms with Crippen molar-refractivity contribution < 1.29 is 14.2 Å². The number of methoxy groups -OCH3 is 1. The molecule has 1 aromatic carbocycles. The molecule has 0 bridgehead atoms. The zero-order chi connectivity index (χ0) is 8.84. The van der Waals surface area contributed by atoms with E-state index in [1.807, 2.05) is 18.2 Å². The number of rotatable bonds is 1. The maximum absolute atomic E-state index is 5.50. The van der Waals surface area contributed by atoms with Crippen LogP contribution in [0.15, 0.2) is 18.2 Å². The van der Waals surface area contributed by atoms with Gasteiger partial charge < -0.3 is 14.2 Å². The molecular formula is C10H10O3. The molecule has 68 valence electrons. The molecule has 2 atom stereocenters. The van der Waals surface area contributed by atoms with E-state index in [2.05, 4.69) is 0 Å². The van der Waals surface area contributed by atoms with Crippen LogP contribution >= 0.6 is 0 Å². The minimum atomic E-state index is 0.249. The molecule has 0 N–H and O–H groups in total. The Morgan fingerprint density at radius 3 is 3.23 bits per heavy atom. The fraction of sp³-hybridized carbons (Fsp3) is 0.400. The molecule has 0 aromatic heterocycles. The number of epoxide rings is 1. The zero-order valence-corrected chi connectivity index (χ0v) is 7.32. The molecule has 2 unspecified atom stereocenters. The summed E-state index contributed by atoms with van der Waals surface area (Å²) in [5.41, 5.74) is 1.12. The molecular weight excluding hydrogens is 168 g/mol. The summed E-state index contributed by atoms with van der Waals surface area (Å²) in [7, 11) is 1.66. The van der Waals surface area contributed by atoms with Crippen LogP contribution in [-0.4, -0.2) is 19.8 Å². The van der Waals surface area contributed by atoms with Gasteiger partial charge in [-0.15, -0.1) is 0 Å². The van der Waals surface area contributed by atoms with Gasteiger partial charge in [0, 0.05) is 5.56 Å². The zero-order valence-electron chi connectivity index (χ0n) is 7.32. The van der Waals surface area contributed by atoms with E-state index in [-0.39, 0.29) is 12.2 Å². The number of hydrogen-bond donors (Lipinski definition) is 0. The second-order valence-corrected chi connectivity index (χ2v) is 3.31. The van der Waals surface area contributed by atoms with E-state index < -0.39 is 0 Å². The van der Waals surface area contributed by atoms with Crippen molar-refractivity contribution in [3.63, 3.8) is 0 Å². The highest BCUT2D eigenvalue weighted by molar-refractivity contribution is 5.45. The maximum atomic E-state index is 5.50. The molecule has 1 aromatic rings.